The standard InChI is InChI=1S/C14H15N3O2S/c1-3-15-12-10-5-4-9(6-11(10)17-13(12)18)20-14-16-8(2)7-19-14/h4-7,12,15H,3H2,1-2H3,(H,17,18). The zero-order chi connectivity index (χ0) is 14.1. The van der Waals surface area contributed by atoms with Gasteiger partial charge >= 0.3 is 0 Å². The number of aromatic nitrogens is 1. The van der Waals surface area contributed by atoms with Gasteiger partial charge in [0.2, 0.25) is 5.91 Å². The molecule has 0 aliphatic carbocycles. The second-order valence-corrected chi connectivity index (χ2v) is 5.61. The average Bonchev–Trinajstić information content (AvgIpc) is 2.94. The fourth-order valence-corrected chi connectivity index (χ4v) is 2.99. The molecule has 2 N–H and O–H groups in total. The lowest BCUT2D eigenvalue weighted by Crippen LogP contribution is -2.27. The van der Waals surface area contributed by atoms with E-state index >= 15 is 0 Å². The topological polar surface area (TPSA) is 67.2 Å². The Hall–Kier alpha value is -1.79. The van der Waals surface area contributed by atoms with E-state index in [-0.39, 0.29) is 11.9 Å². The number of likely N-dealkylation sites (N-methyl/N-ethyl adjacent to an activating group) is 1. The highest BCUT2D eigenvalue weighted by atomic mass is 32.2. The first kappa shape index (κ1) is 13.2. The van der Waals surface area contributed by atoms with Crippen LogP contribution in [0, 0.1) is 6.92 Å². The average molecular weight is 289 g/mol. The zero-order valence-corrected chi connectivity index (χ0v) is 12.1. The van der Waals surface area contributed by atoms with Crippen LogP contribution in [0.5, 0.6) is 0 Å². The van der Waals surface area contributed by atoms with Crippen molar-refractivity contribution in [2.75, 3.05) is 11.9 Å². The summed E-state index contributed by atoms with van der Waals surface area (Å²) >= 11 is 1.44. The lowest BCUT2D eigenvalue weighted by molar-refractivity contribution is -0.117. The maximum atomic E-state index is 11.9. The van der Waals surface area contributed by atoms with Gasteiger partial charge < -0.3 is 15.1 Å². The molecule has 6 heteroatoms. The summed E-state index contributed by atoms with van der Waals surface area (Å²) in [6.45, 7) is 4.63. The summed E-state index contributed by atoms with van der Waals surface area (Å²) in [6, 6.07) is 5.65. The SMILES string of the molecule is CCNC1C(=O)Nc2cc(Sc3nc(C)co3)ccc21. The van der Waals surface area contributed by atoms with E-state index in [9.17, 15) is 4.79 Å². The number of carbonyl (C=O) groups excluding carboxylic acids is 1. The Labute approximate surface area is 121 Å². The van der Waals surface area contributed by atoms with Crippen LogP contribution in [0.25, 0.3) is 0 Å². The van der Waals surface area contributed by atoms with Crippen molar-refractivity contribution in [2.24, 2.45) is 0 Å². The molecule has 5 nitrogen and oxygen atoms in total. The lowest BCUT2D eigenvalue weighted by Gasteiger charge is -2.09. The second-order valence-electron chi connectivity index (χ2n) is 4.59. The van der Waals surface area contributed by atoms with E-state index in [1.54, 1.807) is 6.26 Å². The first-order valence-electron chi connectivity index (χ1n) is 6.45. The summed E-state index contributed by atoms with van der Waals surface area (Å²) in [5.41, 5.74) is 2.70. The molecule has 1 aliphatic heterocycles. The van der Waals surface area contributed by atoms with Gasteiger partial charge in [-0.2, -0.15) is 0 Å². The summed E-state index contributed by atoms with van der Waals surface area (Å²) in [4.78, 5) is 17.1. The minimum Gasteiger partial charge on any atom is -0.439 e. The van der Waals surface area contributed by atoms with Crippen LogP contribution in [0.2, 0.25) is 0 Å². The molecule has 2 heterocycles. The van der Waals surface area contributed by atoms with Crippen molar-refractivity contribution in [3.8, 4) is 0 Å². The molecule has 3 rings (SSSR count). The van der Waals surface area contributed by atoms with Gasteiger partial charge in [0.15, 0.2) is 0 Å². The van der Waals surface area contributed by atoms with Crippen LogP contribution in [0.1, 0.15) is 24.2 Å². The quantitative estimate of drug-likeness (QED) is 0.906. The predicted octanol–water partition coefficient (Wildman–Crippen LogP) is 2.74. The Bertz CT molecular complexity index is 654. The Morgan fingerprint density at radius 1 is 1.50 bits per heavy atom. The first-order valence-corrected chi connectivity index (χ1v) is 7.27. The number of fused-ring (bicyclic) bond motifs is 1. The highest BCUT2D eigenvalue weighted by Crippen LogP contribution is 2.36. The summed E-state index contributed by atoms with van der Waals surface area (Å²) in [5.74, 6) is -0.00373. The van der Waals surface area contributed by atoms with Crippen molar-refractivity contribution in [2.45, 2.75) is 30.0 Å². The molecule has 1 unspecified atom stereocenters. The van der Waals surface area contributed by atoms with Gasteiger partial charge in [0.25, 0.3) is 5.22 Å². The van der Waals surface area contributed by atoms with E-state index in [0.717, 1.165) is 28.4 Å². The maximum Gasteiger partial charge on any atom is 0.260 e. The van der Waals surface area contributed by atoms with Crippen molar-refractivity contribution >= 4 is 23.4 Å². The highest BCUT2D eigenvalue weighted by Gasteiger charge is 2.29. The number of hydrogen-bond donors (Lipinski definition) is 2. The van der Waals surface area contributed by atoms with Crippen molar-refractivity contribution in [3.63, 3.8) is 0 Å². The molecular formula is C14H15N3O2S. The molecule has 0 spiro atoms. The molecule has 1 amide bonds. The number of aryl methyl sites for hydroxylation is 1. The van der Waals surface area contributed by atoms with Crippen LogP contribution >= 0.6 is 11.8 Å². The molecule has 1 aromatic heterocycles. The largest absolute Gasteiger partial charge is 0.439 e. The zero-order valence-electron chi connectivity index (χ0n) is 11.3. The maximum absolute atomic E-state index is 11.9. The first-order chi connectivity index (χ1) is 9.67. The van der Waals surface area contributed by atoms with E-state index < -0.39 is 0 Å². The van der Waals surface area contributed by atoms with Gasteiger partial charge in [-0.25, -0.2) is 4.98 Å². The van der Waals surface area contributed by atoms with Crippen LogP contribution in [-0.4, -0.2) is 17.4 Å². The Kier molecular flexibility index (Phi) is 3.50. The van der Waals surface area contributed by atoms with E-state index in [2.05, 4.69) is 15.6 Å². The Balaban J connectivity index is 1.84. The highest BCUT2D eigenvalue weighted by molar-refractivity contribution is 7.99. The molecular weight excluding hydrogens is 274 g/mol. The number of anilines is 1. The van der Waals surface area contributed by atoms with Gasteiger partial charge in [0.05, 0.1) is 5.69 Å². The molecule has 0 radical (unpaired) electrons. The molecule has 1 aliphatic rings. The fourth-order valence-electron chi connectivity index (χ4n) is 2.19. The van der Waals surface area contributed by atoms with Crippen molar-refractivity contribution in [1.29, 1.82) is 0 Å². The molecule has 0 bridgehead atoms. The number of rotatable bonds is 4. The molecule has 0 fully saturated rings. The third-order valence-electron chi connectivity index (χ3n) is 3.07. The van der Waals surface area contributed by atoms with E-state index in [1.165, 1.54) is 11.8 Å². The number of hydrogen-bond acceptors (Lipinski definition) is 5. The van der Waals surface area contributed by atoms with Gasteiger partial charge in [0.1, 0.15) is 12.3 Å². The molecule has 1 atom stereocenters. The van der Waals surface area contributed by atoms with Crippen LogP contribution < -0.4 is 10.6 Å². The van der Waals surface area contributed by atoms with Gasteiger partial charge in [-0.15, -0.1) is 0 Å². The van der Waals surface area contributed by atoms with Gasteiger partial charge in [-0.05, 0) is 37.4 Å². The number of benzene rings is 1. The van der Waals surface area contributed by atoms with Crippen molar-refractivity contribution in [1.82, 2.24) is 10.3 Å². The van der Waals surface area contributed by atoms with Crippen LogP contribution in [0.3, 0.4) is 0 Å². The lowest BCUT2D eigenvalue weighted by atomic mass is 10.1. The van der Waals surface area contributed by atoms with Crippen LogP contribution in [0.4, 0.5) is 5.69 Å². The van der Waals surface area contributed by atoms with E-state index in [1.807, 2.05) is 32.0 Å². The van der Waals surface area contributed by atoms with Gasteiger partial charge in [0, 0.05) is 16.1 Å². The number of nitrogens with zero attached hydrogens (tertiary/aromatic N) is 1. The van der Waals surface area contributed by atoms with Crippen molar-refractivity contribution in [3.05, 3.63) is 35.7 Å². The molecule has 20 heavy (non-hydrogen) atoms. The smallest absolute Gasteiger partial charge is 0.260 e. The third-order valence-corrected chi connectivity index (χ3v) is 3.92. The molecule has 1 aromatic carbocycles. The van der Waals surface area contributed by atoms with Gasteiger partial charge in [-0.3, -0.25) is 4.79 Å². The molecule has 2 aromatic rings. The molecule has 104 valence electrons. The fraction of sp³-hybridized carbons (Fsp3) is 0.286. The molecule has 0 saturated carbocycles. The monoisotopic (exact) mass is 289 g/mol. The summed E-state index contributed by atoms with van der Waals surface area (Å²) in [5, 5.41) is 6.68. The van der Waals surface area contributed by atoms with E-state index in [4.69, 9.17) is 4.42 Å². The minimum absolute atomic E-state index is 0.00373. The van der Waals surface area contributed by atoms with Crippen LogP contribution in [-0.2, 0) is 4.79 Å². The van der Waals surface area contributed by atoms with Gasteiger partial charge in [-0.1, -0.05) is 13.0 Å². The number of nitrogens with one attached hydrogen (secondary N) is 2. The Morgan fingerprint density at radius 3 is 3.05 bits per heavy atom. The number of amides is 1. The third kappa shape index (κ3) is 2.44. The summed E-state index contributed by atoms with van der Waals surface area (Å²) in [7, 11) is 0. The Morgan fingerprint density at radius 2 is 2.35 bits per heavy atom. The summed E-state index contributed by atoms with van der Waals surface area (Å²) in [6.07, 6.45) is 1.62. The van der Waals surface area contributed by atoms with Crippen LogP contribution in [0.15, 0.2) is 39.0 Å². The minimum atomic E-state index is -0.252. The number of oxazole rings is 1. The van der Waals surface area contributed by atoms with E-state index in [0.29, 0.717) is 5.22 Å². The second kappa shape index (κ2) is 5.30. The number of carbonyl (C=O) groups is 1. The predicted molar refractivity (Wildman–Crippen MR) is 76.9 cm³/mol. The summed E-state index contributed by atoms with van der Waals surface area (Å²) < 4.78 is 5.32. The normalized spacial score (nSPS) is 17.1. The molecule has 0 saturated heterocycles. The van der Waals surface area contributed by atoms with Crippen molar-refractivity contribution < 1.29 is 9.21 Å².